The molecular weight excluding hydrogens is 334 g/mol. The molecule has 0 spiro atoms. The number of nitrogens with one attached hydrogen (secondary N) is 1. The molecule has 0 saturated heterocycles. The standard InChI is InChI=1S/C14H15N5O2S2/c1-3-10(12(20)16-13-15-6-8-22-13)23-14-18-17-11(19(14)2)9-5-4-7-21-9/h4-8,10H,3H2,1-2H3,(H,15,16,20). The first-order valence-electron chi connectivity index (χ1n) is 6.99. The number of anilines is 1. The topological polar surface area (TPSA) is 85.8 Å². The van der Waals surface area contributed by atoms with Gasteiger partial charge in [-0.1, -0.05) is 18.7 Å². The van der Waals surface area contributed by atoms with Crippen LogP contribution in [0.1, 0.15) is 13.3 Å². The second-order valence-electron chi connectivity index (χ2n) is 4.68. The van der Waals surface area contributed by atoms with Crippen molar-refractivity contribution in [2.75, 3.05) is 5.32 Å². The van der Waals surface area contributed by atoms with Crippen LogP contribution in [0.3, 0.4) is 0 Å². The molecule has 0 aliphatic carbocycles. The van der Waals surface area contributed by atoms with Crippen LogP contribution < -0.4 is 5.32 Å². The van der Waals surface area contributed by atoms with Gasteiger partial charge in [0.05, 0.1) is 11.5 Å². The van der Waals surface area contributed by atoms with Crippen molar-refractivity contribution >= 4 is 34.1 Å². The molecule has 9 heteroatoms. The number of nitrogens with zero attached hydrogens (tertiary/aromatic N) is 4. The fraction of sp³-hybridized carbons (Fsp3) is 0.286. The van der Waals surface area contributed by atoms with Crippen LogP contribution in [0.25, 0.3) is 11.6 Å². The first kappa shape index (κ1) is 15.8. The van der Waals surface area contributed by atoms with Crippen molar-refractivity contribution in [1.29, 1.82) is 0 Å². The van der Waals surface area contributed by atoms with Gasteiger partial charge in [-0.05, 0) is 18.6 Å². The lowest BCUT2D eigenvalue weighted by atomic mass is 10.3. The number of carbonyl (C=O) groups excluding carboxylic acids is 1. The molecule has 0 bridgehead atoms. The molecule has 120 valence electrons. The van der Waals surface area contributed by atoms with E-state index in [1.54, 1.807) is 18.5 Å². The van der Waals surface area contributed by atoms with Crippen LogP contribution in [-0.4, -0.2) is 30.9 Å². The van der Waals surface area contributed by atoms with Crippen LogP contribution in [0.15, 0.2) is 39.5 Å². The van der Waals surface area contributed by atoms with Crippen molar-refractivity contribution < 1.29 is 9.21 Å². The van der Waals surface area contributed by atoms with Gasteiger partial charge in [0.2, 0.25) is 5.91 Å². The number of thioether (sulfide) groups is 1. The van der Waals surface area contributed by atoms with E-state index in [2.05, 4.69) is 20.5 Å². The third-order valence-corrected chi connectivity index (χ3v) is 5.24. The number of thiazole rings is 1. The van der Waals surface area contributed by atoms with Crippen LogP contribution >= 0.6 is 23.1 Å². The van der Waals surface area contributed by atoms with Gasteiger partial charge in [-0.2, -0.15) is 0 Å². The van der Waals surface area contributed by atoms with Gasteiger partial charge >= 0.3 is 0 Å². The highest BCUT2D eigenvalue weighted by Crippen LogP contribution is 2.28. The quantitative estimate of drug-likeness (QED) is 0.689. The Kier molecular flexibility index (Phi) is 4.77. The van der Waals surface area contributed by atoms with Gasteiger partial charge in [0, 0.05) is 18.6 Å². The molecule has 0 radical (unpaired) electrons. The Morgan fingerprint density at radius 2 is 2.39 bits per heavy atom. The summed E-state index contributed by atoms with van der Waals surface area (Å²) in [6.07, 6.45) is 3.92. The molecule has 3 heterocycles. The summed E-state index contributed by atoms with van der Waals surface area (Å²) in [6.45, 7) is 1.96. The van der Waals surface area contributed by atoms with E-state index in [4.69, 9.17) is 4.42 Å². The predicted octanol–water partition coefficient (Wildman–Crippen LogP) is 3.04. The molecule has 3 aromatic heterocycles. The lowest BCUT2D eigenvalue weighted by molar-refractivity contribution is -0.115. The minimum Gasteiger partial charge on any atom is -0.461 e. The summed E-state index contributed by atoms with van der Waals surface area (Å²) in [5, 5.41) is 13.9. The molecule has 1 amide bonds. The highest BCUT2D eigenvalue weighted by molar-refractivity contribution is 8.00. The highest BCUT2D eigenvalue weighted by Gasteiger charge is 2.23. The number of hydrogen-bond acceptors (Lipinski definition) is 7. The Balaban J connectivity index is 1.73. The normalized spacial score (nSPS) is 12.3. The molecule has 1 N–H and O–H groups in total. The third kappa shape index (κ3) is 3.45. The molecule has 0 saturated carbocycles. The zero-order valence-electron chi connectivity index (χ0n) is 12.6. The summed E-state index contributed by atoms with van der Waals surface area (Å²) in [6, 6.07) is 3.62. The molecule has 0 aliphatic rings. The summed E-state index contributed by atoms with van der Waals surface area (Å²) < 4.78 is 7.17. The minimum absolute atomic E-state index is 0.0880. The minimum atomic E-state index is -0.272. The van der Waals surface area contributed by atoms with Crippen molar-refractivity contribution in [2.45, 2.75) is 23.8 Å². The highest BCUT2D eigenvalue weighted by atomic mass is 32.2. The van der Waals surface area contributed by atoms with Crippen LogP contribution in [0, 0.1) is 0 Å². The maximum absolute atomic E-state index is 12.4. The Bertz CT molecular complexity index is 767. The second-order valence-corrected chi connectivity index (χ2v) is 6.75. The van der Waals surface area contributed by atoms with Gasteiger partial charge in [-0.15, -0.1) is 21.5 Å². The number of carbonyl (C=O) groups is 1. The number of hydrogen-bond donors (Lipinski definition) is 1. The van der Waals surface area contributed by atoms with Gasteiger partial charge < -0.3 is 14.3 Å². The van der Waals surface area contributed by atoms with Crippen molar-refractivity contribution in [3.63, 3.8) is 0 Å². The predicted molar refractivity (Wildman–Crippen MR) is 89.4 cm³/mol. The Morgan fingerprint density at radius 1 is 1.52 bits per heavy atom. The van der Waals surface area contributed by atoms with E-state index >= 15 is 0 Å². The number of rotatable bonds is 6. The molecule has 1 unspecified atom stereocenters. The largest absolute Gasteiger partial charge is 0.461 e. The molecular formula is C14H15N5O2S2. The maximum Gasteiger partial charge on any atom is 0.239 e. The molecule has 7 nitrogen and oxygen atoms in total. The Morgan fingerprint density at radius 3 is 3.04 bits per heavy atom. The van der Waals surface area contributed by atoms with E-state index < -0.39 is 0 Å². The van der Waals surface area contributed by atoms with Gasteiger partial charge in [0.15, 0.2) is 21.9 Å². The Hall–Kier alpha value is -2.13. The molecule has 3 aromatic rings. The summed E-state index contributed by atoms with van der Waals surface area (Å²) in [5.74, 6) is 1.19. The Labute approximate surface area is 141 Å². The van der Waals surface area contributed by atoms with Gasteiger partial charge in [0.1, 0.15) is 0 Å². The summed E-state index contributed by atoms with van der Waals surface area (Å²) >= 11 is 2.77. The lowest BCUT2D eigenvalue weighted by Gasteiger charge is -2.12. The zero-order valence-corrected chi connectivity index (χ0v) is 14.2. The van der Waals surface area contributed by atoms with Crippen molar-refractivity contribution in [3.8, 4) is 11.6 Å². The van der Waals surface area contributed by atoms with Crippen molar-refractivity contribution in [1.82, 2.24) is 19.7 Å². The van der Waals surface area contributed by atoms with Crippen LogP contribution in [0.5, 0.6) is 0 Å². The molecule has 1 atom stereocenters. The monoisotopic (exact) mass is 349 g/mol. The van der Waals surface area contributed by atoms with E-state index in [1.807, 2.05) is 30.0 Å². The SMILES string of the molecule is CCC(Sc1nnc(-c2ccco2)n1C)C(=O)Nc1nccs1. The fourth-order valence-corrected chi connectivity index (χ4v) is 3.41. The maximum atomic E-state index is 12.4. The van der Waals surface area contributed by atoms with E-state index in [9.17, 15) is 4.79 Å². The number of aromatic nitrogens is 4. The van der Waals surface area contributed by atoms with Crippen LogP contribution in [-0.2, 0) is 11.8 Å². The van der Waals surface area contributed by atoms with E-state index in [1.165, 1.54) is 23.1 Å². The number of amides is 1. The molecule has 0 aliphatic heterocycles. The zero-order chi connectivity index (χ0) is 16.2. The van der Waals surface area contributed by atoms with E-state index in [0.717, 1.165) is 0 Å². The van der Waals surface area contributed by atoms with E-state index in [-0.39, 0.29) is 11.2 Å². The third-order valence-electron chi connectivity index (χ3n) is 3.15. The first-order chi connectivity index (χ1) is 11.2. The molecule has 3 rings (SSSR count). The van der Waals surface area contributed by atoms with Gasteiger partial charge in [-0.25, -0.2) is 4.98 Å². The van der Waals surface area contributed by atoms with Crippen LogP contribution in [0.2, 0.25) is 0 Å². The van der Waals surface area contributed by atoms with E-state index in [0.29, 0.717) is 28.3 Å². The summed E-state index contributed by atoms with van der Waals surface area (Å²) in [5.41, 5.74) is 0. The van der Waals surface area contributed by atoms with Crippen molar-refractivity contribution in [3.05, 3.63) is 30.0 Å². The molecule has 0 fully saturated rings. The smallest absolute Gasteiger partial charge is 0.239 e. The fourth-order valence-electron chi connectivity index (χ4n) is 1.96. The molecule has 23 heavy (non-hydrogen) atoms. The van der Waals surface area contributed by atoms with Gasteiger partial charge in [0.25, 0.3) is 0 Å². The van der Waals surface area contributed by atoms with Crippen molar-refractivity contribution in [2.24, 2.45) is 7.05 Å². The second kappa shape index (κ2) is 6.97. The van der Waals surface area contributed by atoms with Gasteiger partial charge in [-0.3, -0.25) is 4.79 Å². The average Bonchev–Trinajstić information content (AvgIpc) is 3.27. The summed E-state index contributed by atoms with van der Waals surface area (Å²) in [7, 11) is 1.85. The summed E-state index contributed by atoms with van der Waals surface area (Å²) in [4.78, 5) is 16.4. The first-order valence-corrected chi connectivity index (χ1v) is 8.75. The lowest BCUT2D eigenvalue weighted by Crippen LogP contribution is -2.24. The average molecular weight is 349 g/mol. The number of furan rings is 1. The molecule has 0 aromatic carbocycles. The van der Waals surface area contributed by atoms with Crippen LogP contribution in [0.4, 0.5) is 5.13 Å².